The minimum Gasteiger partial charge on any atom is -0.339 e. The minimum absolute atomic E-state index is 0.0348. The molecular formula is C21H21N5O3. The summed E-state index contributed by atoms with van der Waals surface area (Å²) in [6.45, 7) is 4.62. The van der Waals surface area contributed by atoms with Crippen molar-refractivity contribution in [1.82, 2.24) is 20.0 Å². The van der Waals surface area contributed by atoms with E-state index in [9.17, 15) is 9.59 Å². The summed E-state index contributed by atoms with van der Waals surface area (Å²) in [5.74, 6) is 1.14. The predicted octanol–water partition coefficient (Wildman–Crippen LogP) is 3.60. The Morgan fingerprint density at radius 3 is 2.72 bits per heavy atom. The van der Waals surface area contributed by atoms with Crippen LogP contribution in [0.25, 0.3) is 11.4 Å². The van der Waals surface area contributed by atoms with E-state index in [1.54, 1.807) is 41.6 Å². The van der Waals surface area contributed by atoms with E-state index in [1.807, 2.05) is 12.1 Å². The highest BCUT2D eigenvalue weighted by atomic mass is 16.5. The molecule has 0 spiro atoms. The number of carbonyl (C=O) groups excluding carboxylic acids is 2. The third-order valence-corrected chi connectivity index (χ3v) is 5.12. The molecule has 2 unspecified atom stereocenters. The molecule has 2 atom stereocenters. The van der Waals surface area contributed by atoms with Gasteiger partial charge < -0.3 is 14.7 Å². The number of urea groups is 1. The van der Waals surface area contributed by atoms with Crippen molar-refractivity contribution in [2.45, 2.75) is 19.8 Å². The Hall–Kier alpha value is -3.55. The van der Waals surface area contributed by atoms with Gasteiger partial charge in [0.15, 0.2) is 5.78 Å². The number of likely N-dealkylation sites (tertiary alicyclic amines) is 1. The highest BCUT2D eigenvalue weighted by Crippen LogP contribution is 2.32. The average Bonchev–Trinajstić information content (AvgIpc) is 3.35. The molecule has 0 bridgehead atoms. The highest BCUT2D eigenvalue weighted by Gasteiger charge is 2.37. The van der Waals surface area contributed by atoms with Gasteiger partial charge in [-0.05, 0) is 37.1 Å². The molecule has 1 saturated heterocycles. The van der Waals surface area contributed by atoms with Crippen LogP contribution in [0.2, 0.25) is 0 Å². The Labute approximate surface area is 167 Å². The maximum atomic E-state index is 12.7. The van der Waals surface area contributed by atoms with Crippen molar-refractivity contribution in [1.29, 1.82) is 0 Å². The molecule has 3 aromatic rings. The lowest BCUT2D eigenvalue weighted by Crippen LogP contribution is -2.33. The van der Waals surface area contributed by atoms with Gasteiger partial charge in [0.05, 0.1) is 5.92 Å². The number of rotatable bonds is 4. The number of nitrogens with zero attached hydrogens (tertiary/aromatic N) is 4. The molecule has 0 saturated carbocycles. The van der Waals surface area contributed by atoms with E-state index >= 15 is 0 Å². The molecule has 3 heterocycles. The number of hydrogen-bond donors (Lipinski definition) is 1. The number of benzene rings is 1. The first-order valence-electron chi connectivity index (χ1n) is 9.42. The molecule has 4 rings (SSSR count). The van der Waals surface area contributed by atoms with Gasteiger partial charge in [-0.15, -0.1) is 0 Å². The molecular weight excluding hydrogens is 370 g/mol. The van der Waals surface area contributed by atoms with E-state index in [0.29, 0.717) is 36.1 Å². The standard InChI is InChI=1S/C21H21N5O3/c1-13-11-26(21(28)23-17-5-3-4-16(10-17)14(2)27)12-18(13)20-24-19(25-29-20)15-6-8-22-9-7-15/h3-10,13,18H,11-12H2,1-2H3,(H,23,28). The fourth-order valence-corrected chi connectivity index (χ4v) is 3.48. The van der Waals surface area contributed by atoms with Gasteiger partial charge in [-0.25, -0.2) is 4.79 Å². The molecule has 2 aromatic heterocycles. The zero-order valence-electron chi connectivity index (χ0n) is 16.2. The molecule has 1 aliphatic heterocycles. The van der Waals surface area contributed by atoms with Gasteiger partial charge in [0, 0.05) is 42.3 Å². The third-order valence-electron chi connectivity index (χ3n) is 5.12. The Kier molecular flexibility index (Phi) is 5.07. The lowest BCUT2D eigenvalue weighted by Gasteiger charge is -2.17. The van der Waals surface area contributed by atoms with Crippen LogP contribution in [0.15, 0.2) is 53.3 Å². The van der Waals surface area contributed by atoms with Crippen LogP contribution >= 0.6 is 0 Å². The summed E-state index contributed by atoms with van der Waals surface area (Å²) in [7, 11) is 0. The van der Waals surface area contributed by atoms with Crippen LogP contribution in [-0.2, 0) is 0 Å². The summed E-state index contributed by atoms with van der Waals surface area (Å²) < 4.78 is 5.48. The Morgan fingerprint density at radius 2 is 1.97 bits per heavy atom. The minimum atomic E-state index is -0.214. The summed E-state index contributed by atoms with van der Waals surface area (Å²) in [6, 6.07) is 10.3. The molecule has 2 amide bonds. The van der Waals surface area contributed by atoms with Crippen LogP contribution in [0, 0.1) is 5.92 Å². The van der Waals surface area contributed by atoms with Gasteiger partial charge in [0.25, 0.3) is 0 Å². The Bertz CT molecular complexity index is 1030. The first-order chi connectivity index (χ1) is 14.0. The number of amides is 2. The van der Waals surface area contributed by atoms with Gasteiger partial charge in [0.2, 0.25) is 11.7 Å². The first kappa shape index (κ1) is 18.8. The Balaban J connectivity index is 1.45. The van der Waals surface area contributed by atoms with Gasteiger partial charge in [0.1, 0.15) is 0 Å². The molecule has 1 N–H and O–H groups in total. The van der Waals surface area contributed by atoms with Gasteiger partial charge in [-0.3, -0.25) is 9.78 Å². The smallest absolute Gasteiger partial charge is 0.321 e. The van der Waals surface area contributed by atoms with Crippen LogP contribution in [-0.4, -0.2) is 44.9 Å². The molecule has 8 heteroatoms. The number of carbonyl (C=O) groups is 2. The van der Waals surface area contributed by atoms with Crippen molar-refractivity contribution in [3.8, 4) is 11.4 Å². The zero-order chi connectivity index (χ0) is 20.4. The van der Waals surface area contributed by atoms with Gasteiger partial charge >= 0.3 is 6.03 Å². The summed E-state index contributed by atoms with van der Waals surface area (Å²) >= 11 is 0. The first-order valence-corrected chi connectivity index (χ1v) is 9.42. The number of hydrogen-bond acceptors (Lipinski definition) is 6. The van der Waals surface area contributed by atoms with Crippen molar-refractivity contribution >= 4 is 17.5 Å². The second-order valence-corrected chi connectivity index (χ2v) is 7.25. The summed E-state index contributed by atoms with van der Waals surface area (Å²) in [5.41, 5.74) is 1.99. The van der Waals surface area contributed by atoms with Crippen molar-refractivity contribution in [2.24, 2.45) is 5.92 Å². The average molecular weight is 391 g/mol. The fourth-order valence-electron chi connectivity index (χ4n) is 3.48. The van der Waals surface area contributed by atoms with Crippen LogP contribution in [0.1, 0.15) is 36.0 Å². The molecule has 0 aliphatic carbocycles. The molecule has 1 aromatic carbocycles. The van der Waals surface area contributed by atoms with E-state index in [0.717, 1.165) is 5.56 Å². The summed E-state index contributed by atoms with van der Waals surface area (Å²) in [6.07, 6.45) is 3.35. The van der Waals surface area contributed by atoms with Crippen molar-refractivity contribution in [3.63, 3.8) is 0 Å². The maximum Gasteiger partial charge on any atom is 0.321 e. The van der Waals surface area contributed by atoms with E-state index in [-0.39, 0.29) is 23.7 Å². The second kappa shape index (κ2) is 7.83. The van der Waals surface area contributed by atoms with E-state index in [1.165, 1.54) is 6.92 Å². The number of nitrogens with one attached hydrogen (secondary N) is 1. The van der Waals surface area contributed by atoms with Crippen LogP contribution in [0.5, 0.6) is 0 Å². The lowest BCUT2D eigenvalue weighted by molar-refractivity contribution is 0.101. The molecule has 0 radical (unpaired) electrons. The summed E-state index contributed by atoms with van der Waals surface area (Å²) in [4.78, 5) is 34.5. The number of anilines is 1. The lowest BCUT2D eigenvalue weighted by atomic mass is 9.98. The number of ketones is 1. The van der Waals surface area contributed by atoms with E-state index in [4.69, 9.17) is 4.52 Å². The topological polar surface area (TPSA) is 101 Å². The quantitative estimate of drug-likeness (QED) is 0.682. The highest BCUT2D eigenvalue weighted by molar-refractivity contribution is 5.96. The molecule has 1 aliphatic rings. The predicted molar refractivity (Wildman–Crippen MR) is 106 cm³/mol. The summed E-state index contributed by atoms with van der Waals surface area (Å²) in [5, 5.41) is 6.93. The molecule has 148 valence electrons. The molecule has 29 heavy (non-hydrogen) atoms. The number of pyridine rings is 1. The van der Waals surface area contributed by atoms with E-state index in [2.05, 4.69) is 27.4 Å². The monoisotopic (exact) mass is 391 g/mol. The normalized spacial score (nSPS) is 18.6. The van der Waals surface area contributed by atoms with Gasteiger partial charge in [-0.2, -0.15) is 4.98 Å². The van der Waals surface area contributed by atoms with Crippen LogP contribution < -0.4 is 5.32 Å². The third kappa shape index (κ3) is 4.01. The maximum absolute atomic E-state index is 12.7. The molecule has 8 nitrogen and oxygen atoms in total. The zero-order valence-corrected chi connectivity index (χ0v) is 16.2. The number of aromatic nitrogens is 3. The van der Waals surface area contributed by atoms with Crippen molar-refractivity contribution < 1.29 is 14.1 Å². The van der Waals surface area contributed by atoms with Crippen molar-refractivity contribution in [2.75, 3.05) is 18.4 Å². The largest absolute Gasteiger partial charge is 0.339 e. The van der Waals surface area contributed by atoms with E-state index < -0.39 is 0 Å². The fraction of sp³-hybridized carbons (Fsp3) is 0.286. The van der Waals surface area contributed by atoms with Crippen LogP contribution in [0.4, 0.5) is 10.5 Å². The van der Waals surface area contributed by atoms with Crippen molar-refractivity contribution in [3.05, 3.63) is 60.2 Å². The number of Topliss-reactive ketones (excluding diaryl/α,β-unsaturated/α-hetero) is 1. The second-order valence-electron chi connectivity index (χ2n) is 7.25. The SMILES string of the molecule is CC(=O)c1cccc(NC(=O)N2CC(C)C(c3nc(-c4ccncc4)no3)C2)c1. The Morgan fingerprint density at radius 1 is 1.17 bits per heavy atom. The van der Waals surface area contributed by atoms with Gasteiger partial charge in [-0.1, -0.05) is 24.2 Å². The molecule has 1 fully saturated rings. The van der Waals surface area contributed by atoms with Crippen LogP contribution in [0.3, 0.4) is 0 Å².